The van der Waals surface area contributed by atoms with Crippen molar-refractivity contribution in [1.29, 1.82) is 0 Å². The van der Waals surface area contributed by atoms with E-state index >= 15 is 0 Å². The number of fused-ring (bicyclic) bond motifs is 1. The van der Waals surface area contributed by atoms with E-state index < -0.39 is 4.92 Å². The van der Waals surface area contributed by atoms with Crippen molar-refractivity contribution in [2.75, 3.05) is 11.4 Å². The van der Waals surface area contributed by atoms with Crippen molar-refractivity contribution in [3.63, 3.8) is 0 Å². The Kier molecular flexibility index (Phi) is 3.35. The molecular formula is C13H12ClN3O2S. The molecular weight excluding hydrogens is 298 g/mol. The summed E-state index contributed by atoms with van der Waals surface area (Å²) in [6.45, 7) is 2.75. The molecule has 3 rings (SSSR count). The zero-order valence-corrected chi connectivity index (χ0v) is 12.3. The Bertz CT molecular complexity index is 673. The molecule has 0 aromatic carbocycles. The third kappa shape index (κ3) is 2.14. The molecule has 3 heterocycles. The minimum atomic E-state index is -0.408. The van der Waals surface area contributed by atoms with Crippen LogP contribution in [0.3, 0.4) is 0 Å². The highest BCUT2D eigenvalue weighted by atomic mass is 35.5. The molecule has 0 N–H and O–H groups in total. The van der Waals surface area contributed by atoms with E-state index in [1.807, 2.05) is 11.8 Å². The van der Waals surface area contributed by atoms with Gasteiger partial charge in [-0.1, -0.05) is 11.6 Å². The Balaban J connectivity index is 2.06. The van der Waals surface area contributed by atoms with Crippen molar-refractivity contribution in [3.8, 4) is 0 Å². The normalized spacial score (nSPS) is 17.9. The number of nitrogens with zero attached hydrogens (tertiary/aromatic N) is 3. The van der Waals surface area contributed by atoms with Gasteiger partial charge in [-0.25, -0.2) is 4.98 Å². The number of anilines is 1. The van der Waals surface area contributed by atoms with Gasteiger partial charge in [0, 0.05) is 17.5 Å². The van der Waals surface area contributed by atoms with Crippen LogP contribution >= 0.6 is 22.9 Å². The van der Waals surface area contributed by atoms with Gasteiger partial charge in [-0.05, 0) is 36.4 Å². The molecule has 2 aromatic rings. The van der Waals surface area contributed by atoms with Crippen molar-refractivity contribution in [2.24, 2.45) is 0 Å². The lowest BCUT2D eigenvalue weighted by molar-refractivity contribution is -0.384. The van der Waals surface area contributed by atoms with E-state index in [1.165, 1.54) is 22.6 Å². The predicted molar refractivity (Wildman–Crippen MR) is 79.7 cm³/mol. The summed E-state index contributed by atoms with van der Waals surface area (Å²) in [7, 11) is 0. The third-order valence-electron chi connectivity index (χ3n) is 3.57. The quantitative estimate of drug-likeness (QED) is 0.480. The first-order valence-corrected chi connectivity index (χ1v) is 7.47. The number of halogens is 1. The van der Waals surface area contributed by atoms with Gasteiger partial charge >= 0.3 is 5.69 Å². The molecule has 1 aliphatic rings. The summed E-state index contributed by atoms with van der Waals surface area (Å²) in [4.78, 5) is 18.2. The highest BCUT2D eigenvalue weighted by Gasteiger charge is 2.30. The average Bonchev–Trinajstić information content (AvgIpc) is 2.88. The molecule has 5 nitrogen and oxygen atoms in total. The van der Waals surface area contributed by atoms with E-state index in [4.69, 9.17) is 11.6 Å². The molecule has 1 unspecified atom stereocenters. The van der Waals surface area contributed by atoms with Crippen LogP contribution in [0.5, 0.6) is 0 Å². The minimum Gasteiger partial charge on any atom is -0.344 e. The van der Waals surface area contributed by atoms with Crippen molar-refractivity contribution < 1.29 is 4.92 Å². The molecule has 0 fully saturated rings. The predicted octanol–water partition coefficient (Wildman–Crippen LogP) is 3.83. The van der Waals surface area contributed by atoms with Gasteiger partial charge in [0.05, 0.1) is 11.0 Å². The van der Waals surface area contributed by atoms with Gasteiger partial charge in [0.25, 0.3) is 0 Å². The molecule has 0 amide bonds. The average molecular weight is 310 g/mol. The van der Waals surface area contributed by atoms with Crippen molar-refractivity contribution in [3.05, 3.63) is 49.3 Å². The third-order valence-corrected chi connectivity index (χ3v) is 4.77. The number of nitro groups is 1. The maximum absolute atomic E-state index is 11.2. The Morgan fingerprint density at radius 1 is 1.50 bits per heavy atom. The second-order valence-corrected chi connectivity index (χ2v) is 6.04. The Hall–Kier alpha value is -1.66. The van der Waals surface area contributed by atoms with Crippen LogP contribution in [0, 0.1) is 10.1 Å². The smallest absolute Gasteiger partial charge is 0.311 e. The number of hydrogen-bond donors (Lipinski definition) is 0. The van der Waals surface area contributed by atoms with Gasteiger partial charge in [-0.3, -0.25) is 10.1 Å². The van der Waals surface area contributed by atoms with E-state index in [0.717, 1.165) is 6.42 Å². The van der Waals surface area contributed by atoms with E-state index in [-0.39, 0.29) is 16.9 Å². The first-order chi connectivity index (χ1) is 9.58. The monoisotopic (exact) mass is 309 g/mol. The number of aromatic nitrogens is 1. The summed E-state index contributed by atoms with van der Waals surface area (Å²) in [5.74, 6) is 0.354. The largest absolute Gasteiger partial charge is 0.344 e. The lowest BCUT2D eigenvalue weighted by Crippen LogP contribution is -2.34. The van der Waals surface area contributed by atoms with Crippen molar-refractivity contribution >= 4 is 34.4 Å². The molecule has 0 radical (unpaired) electrons. The molecule has 20 heavy (non-hydrogen) atoms. The van der Waals surface area contributed by atoms with Gasteiger partial charge in [0.15, 0.2) is 0 Å². The molecule has 0 spiro atoms. The molecule has 2 aromatic heterocycles. The van der Waals surface area contributed by atoms with Crippen LogP contribution in [-0.4, -0.2) is 16.5 Å². The first kappa shape index (κ1) is 13.3. The first-order valence-electron chi connectivity index (χ1n) is 6.22. The highest BCUT2D eigenvalue weighted by Crippen LogP contribution is 2.38. The van der Waals surface area contributed by atoms with Gasteiger partial charge in [-0.2, -0.15) is 0 Å². The van der Waals surface area contributed by atoms with Crippen LogP contribution in [0.1, 0.15) is 23.4 Å². The van der Waals surface area contributed by atoms with Crippen molar-refractivity contribution in [2.45, 2.75) is 19.4 Å². The van der Waals surface area contributed by atoms with Gasteiger partial charge < -0.3 is 4.90 Å². The minimum absolute atomic E-state index is 0.0000652. The topological polar surface area (TPSA) is 59.3 Å². The lowest BCUT2D eigenvalue weighted by atomic mass is 10.0. The van der Waals surface area contributed by atoms with Gasteiger partial charge in [0.2, 0.25) is 5.82 Å². The summed E-state index contributed by atoms with van der Waals surface area (Å²) in [5, 5.41) is 13.5. The maximum Gasteiger partial charge on any atom is 0.311 e. The van der Waals surface area contributed by atoms with E-state index in [0.29, 0.717) is 12.4 Å². The summed E-state index contributed by atoms with van der Waals surface area (Å²) < 4.78 is 0. The SMILES string of the molecule is CC1c2ccsc2CCN1c1nc(Cl)ccc1[N+](=O)[O-]. The fourth-order valence-corrected chi connectivity index (χ4v) is 3.68. The van der Waals surface area contributed by atoms with E-state index in [2.05, 4.69) is 16.4 Å². The van der Waals surface area contributed by atoms with Gasteiger partial charge in [-0.15, -0.1) is 11.3 Å². The molecule has 7 heteroatoms. The molecule has 104 valence electrons. The molecule has 0 saturated carbocycles. The Morgan fingerprint density at radius 3 is 3.05 bits per heavy atom. The van der Waals surface area contributed by atoms with Crippen LogP contribution in [0.2, 0.25) is 5.15 Å². The molecule has 0 aliphatic carbocycles. The highest BCUT2D eigenvalue weighted by molar-refractivity contribution is 7.10. The summed E-state index contributed by atoms with van der Waals surface area (Å²) in [6, 6.07) is 5.01. The number of pyridine rings is 1. The van der Waals surface area contributed by atoms with Crippen LogP contribution < -0.4 is 4.90 Å². The fraction of sp³-hybridized carbons (Fsp3) is 0.308. The number of thiophene rings is 1. The van der Waals surface area contributed by atoms with E-state index in [9.17, 15) is 10.1 Å². The molecule has 1 aliphatic heterocycles. The molecule has 1 atom stereocenters. The second kappa shape index (κ2) is 5.03. The van der Waals surface area contributed by atoms with E-state index in [1.54, 1.807) is 11.3 Å². The lowest BCUT2D eigenvalue weighted by Gasteiger charge is -2.34. The van der Waals surface area contributed by atoms with Crippen LogP contribution in [-0.2, 0) is 6.42 Å². The zero-order chi connectivity index (χ0) is 14.3. The summed E-state index contributed by atoms with van der Waals surface area (Å²) >= 11 is 7.64. The zero-order valence-electron chi connectivity index (χ0n) is 10.7. The maximum atomic E-state index is 11.2. The van der Waals surface area contributed by atoms with Crippen molar-refractivity contribution in [1.82, 2.24) is 4.98 Å². The number of rotatable bonds is 2. The fourth-order valence-electron chi connectivity index (χ4n) is 2.57. The summed E-state index contributed by atoms with van der Waals surface area (Å²) in [5.41, 5.74) is 1.22. The van der Waals surface area contributed by atoms with Gasteiger partial charge in [0.1, 0.15) is 5.15 Å². The Labute approximate surface area is 125 Å². The molecule has 0 bridgehead atoms. The van der Waals surface area contributed by atoms with Crippen LogP contribution in [0.15, 0.2) is 23.6 Å². The molecule has 0 saturated heterocycles. The number of hydrogen-bond acceptors (Lipinski definition) is 5. The second-order valence-electron chi connectivity index (χ2n) is 4.65. The summed E-state index contributed by atoms with van der Waals surface area (Å²) in [6.07, 6.45) is 0.878. The Morgan fingerprint density at radius 2 is 2.30 bits per heavy atom. The van der Waals surface area contributed by atoms with Crippen LogP contribution in [0.4, 0.5) is 11.5 Å². The standard InChI is InChI=1S/C13H12ClN3O2S/c1-8-9-5-7-20-11(9)4-6-16(8)13-10(17(18)19)2-3-12(14)15-13/h2-3,5,7-8H,4,6H2,1H3. The van der Waals surface area contributed by atoms with Crippen LogP contribution in [0.25, 0.3) is 0 Å².